The molecular weight excluding hydrogens is 246 g/mol. The van der Waals surface area contributed by atoms with Crippen molar-refractivity contribution in [3.63, 3.8) is 0 Å². The molecule has 17 heavy (non-hydrogen) atoms. The van der Waals surface area contributed by atoms with Gasteiger partial charge in [0.1, 0.15) is 0 Å². The number of thiol groups is 1. The largest absolute Gasteiger partial charge is 0.402 e. The summed E-state index contributed by atoms with van der Waals surface area (Å²) in [6, 6.07) is 1.24. The van der Waals surface area contributed by atoms with Gasteiger partial charge in [0, 0.05) is 5.25 Å². The molecule has 0 saturated heterocycles. The van der Waals surface area contributed by atoms with Gasteiger partial charge in [-0.25, -0.2) is 0 Å². The summed E-state index contributed by atoms with van der Waals surface area (Å²) in [5.74, 6) is 0. The summed E-state index contributed by atoms with van der Waals surface area (Å²) >= 11 is 4.61. The quantitative estimate of drug-likeness (QED) is 0.388. The highest BCUT2D eigenvalue weighted by atomic mass is 32.1. The van der Waals surface area contributed by atoms with E-state index in [2.05, 4.69) is 58.6 Å². The molecule has 0 N–H and O–H groups in total. The lowest BCUT2D eigenvalue weighted by Gasteiger charge is -2.31. The van der Waals surface area contributed by atoms with Gasteiger partial charge >= 0.3 is 0 Å². The van der Waals surface area contributed by atoms with Crippen LogP contribution in [0.5, 0.6) is 0 Å². The van der Waals surface area contributed by atoms with Crippen molar-refractivity contribution >= 4 is 20.9 Å². The summed E-state index contributed by atoms with van der Waals surface area (Å²) in [4.78, 5) is 2.13. The molecule has 0 aliphatic rings. The van der Waals surface area contributed by atoms with Crippen LogP contribution in [0.15, 0.2) is 0 Å². The molecule has 2 unspecified atom stereocenters. The van der Waals surface area contributed by atoms with Crippen LogP contribution in [0.2, 0.25) is 19.1 Å². The van der Waals surface area contributed by atoms with Crippen molar-refractivity contribution in [1.82, 2.24) is 4.90 Å². The predicted octanol–water partition coefficient (Wildman–Crippen LogP) is 3.99. The van der Waals surface area contributed by atoms with Gasteiger partial charge < -0.3 is 4.43 Å². The zero-order chi connectivity index (χ0) is 13.5. The van der Waals surface area contributed by atoms with Crippen molar-refractivity contribution in [3.8, 4) is 0 Å². The third kappa shape index (κ3) is 9.11. The molecule has 0 saturated carbocycles. The van der Waals surface area contributed by atoms with Crippen molar-refractivity contribution in [3.05, 3.63) is 0 Å². The molecule has 0 spiro atoms. The lowest BCUT2D eigenvalue weighted by atomic mass is 10.2. The van der Waals surface area contributed by atoms with E-state index in [0.717, 1.165) is 0 Å². The minimum absolute atomic E-state index is 0.235. The molecule has 104 valence electrons. The van der Waals surface area contributed by atoms with Crippen LogP contribution in [0.4, 0.5) is 0 Å². The zero-order valence-corrected chi connectivity index (χ0v) is 14.4. The van der Waals surface area contributed by atoms with Gasteiger partial charge in [0.05, 0.1) is 6.23 Å². The Labute approximate surface area is 115 Å². The first-order chi connectivity index (χ1) is 7.78. The highest BCUT2D eigenvalue weighted by molar-refractivity contribution is 7.80. The number of nitrogens with zero attached hydrogens (tertiary/aromatic N) is 1. The Morgan fingerprint density at radius 2 is 1.82 bits per heavy atom. The van der Waals surface area contributed by atoms with Gasteiger partial charge in [-0.2, -0.15) is 12.6 Å². The van der Waals surface area contributed by atoms with Gasteiger partial charge in [0.25, 0.3) is 0 Å². The third-order valence-electron chi connectivity index (χ3n) is 3.15. The molecule has 0 aromatic carbocycles. The van der Waals surface area contributed by atoms with Gasteiger partial charge in [-0.15, -0.1) is 0 Å². The van der Waals surface area contributed by atoms with E-state index in [-0.39, 0.29) is 6.23 Å². The molecule has 0 aliphatic carbocycles. The fourth-order valence-electron chi connectivity index (χ4n) is 1.87. The molecule has 0 heterocycles. The topological polar surface area (TPSA) is 12.5 Å². The normalized spacial score (nSPS) is 16.2. The van der Waals surface area contributed by atoms with Gasteiger partial charge in [-0.1, -0.05) is 19.8 Å². The average molecular weight is 278 g/mol. The first kappa shape index (κ1) is 17.5. The highest BCUT2D eigenvalue weighted by Gasteiger charge is 2.25. The first-order valence-electron chi connectivity index (χ1n) is 6.81. The fourth-order valence-corrected chi connectivity index (χ4v) is 4.62. The Balaban J connectivity index is 3.85. The van der Waals surface area contributed by atoms with E-state index in [0.29, 0.717) is 5.25 Å². The summed E-state index contributed by atoms with van der Waals surface area (Å²) in [5, 5.41) is 0.580. The molecule has 0 amide bonds. The van der Waals surface area contributed by atoms with Crippen molar-refractivity contribution in [2.75, 3.05) is 14.1 Å². The number of rotatable bonds is 9. The lowest BCUT2D eigenvalue weighted by Crippen LogP contribution is -2.40. The average Bonchev–Trinajstić information content (AvgIpc) is 2.16. The Bertz CT molecular complexity index is 200. The van der Waals surface area contributed by atoms with Crippen LogP contribution in [-0.2, 0) is 4.43 Å². The molecule has 0 aliphatic heterocycles. The molecule has 0 rings (SSSR count). The molecule has 0 radical (unpaired) electrons. The van der Waals surface area contributed by atoms with E-state index < -0.39 is 8.32 Å². The summed E-state index contributed by atoms with van der Waals surface area (Å²) in [6.07, 6.45) is 5.20. The van der Waals surface area contributed by atoms with E-state index in [9.17, 15) is 0 Å². The van der Waals surface area contributed by atoms with E-state index in [4.69, 9.17) is 4.43 Å². The van der Waals surface area contributed by atoms with E-state index >= 15 is 0 Å². The molecule has 0 aromatic heterocycles. The summed E-state index contributed by atoms with van der Waals surface area (Å²) < 4.78 is 6.18. The maximum atomic E-state index is 6.18. The van der Waals surface area contributed by atoms with Gasteiger partial charge in [-0.05, 0) is 53.0 Å². The number of hydrogen-bond acceptors (Lipinski definition) is 3. The minimum Gasteiger partial charge on any atom is -0.402 e. The smallest absolute Gasteiger partial charge is 0.188 e. The number of hydrogen-bond donors (Lipinski definition) is 1. The molecule has 0 aromatic rings. The second-order valence-electron chi connectivity index (χ2n) is 5.78. The van der Waals surface area contributed by atoms with Crippen LogP contribution in [0.3, 0.4) is 0 Å². The van der Waals surface area contributed by atoms with E-state index in [1.165, 1.54) is 31.7 Å². The van der Waals surface area contributed by atoms with Crippen molar-refractivity contribution < 1.29 is 4.43 Å². The molecule has 2 nitrogen and oxygen atoms in total. The standard InChI is InChI=1S/C13H31NOSSi/c1-7-9-13(16)10-8-11-17(5,6)15-12(2)14(3)4/h12-13,16H,7-11H2,1-6H3. The zero-order valence-electron chi connectivity index (χ0n) is 12.5. The third-order valence-corrected chi connectivity index (χ3v) is 6.21. The van der Waals surface area contributed by atoms with E-state index in [1.54, 1.807) is 0 Å². The Morgan fingerprint density at radius 1 is 1.24 bits per heavy atom. The monoisotopic (exact) mass is 277 g/mol. The Morgan fingerprint density at radius 3 is 2.29 bits per heavy atom. The summed E-state index contributed by atoms with van der Waals surface area (Å²) in [6.45, 7) is 9.00. The van der Waals surface area contributed by atoms with Crippen LogP contribution in [0, 0.1) is 0 Å². The van der Waals surface area contributed by atoms with Crippen LogP contribution in [0.25, 0.3) is 0 Å². The fraction of sp³-hybridized carbons (Fsp3) is 1.00. The second-order valence-corrected chi connectivity index (χ2v) is 10.8. The highest BCUT2D eigenvalue weighted by Crippen LogP contribution is 2.21. The SMILES string of the molecule is CCCC(S)CCC[Si](C)(C)OC(C)N(C)C. The molecular formula is C13H31NOSSi. The van der Waals surface area contributed by atoms with Crippen LogP contribution < -0.4 is 0 Å². The predicted molar refractivity (Wildman–Crippen MR) is 83.4 cm³/mol. The van der Waals surface area contributed by atoms with Crippen molar-refractivity contribution in [2.24, 2.45) is 0 Å². The molecule has 0 bridgehead atoms. The summed E-state index contributed by atoms with van der Waals surface area (Å²) in [7, 11) is 2.64. The Kier molecular flexibility index (Phi) is 8.81. The van der Waals surface area contributed by atoms with Crippen LogP contribution >= 0.6 is 12.6 Å². The Hall–Kier alpha value is 0.487. The van der Waals surface area contributed by atoms with Crippen LogP contribution in [-0.4, -0.2) is 38.8 Å². The maximum absolute atomic E-state index is 6.18. The van der Waals surface area contributed by atoms with Crippen molar-refractivity contribution in [2.45, 2.75) is 70.1 Å². The minimum atomic E-state index is -1.49. The van der Waals surface area contributed by atoms with E-state index in [1.807, 2.05) is 0 Å². The first-order valence-corrected chi connectivity index (χ1v) is 10.4. The van der Waals surface area contributed by atoms with Crippen LogP contribution in [0.1, 0.15) is 39.5 Å². The molecule has 4 heteroatoms. The maximum Gasteiger partial charge on any atom is 0.188 e. The second kappa shape index (κ2) is 8.56. The van der Waals surface area contributed by atoms with Crippen molar-refractivity contribution in [1.29, 1.82) is 0 Å². The van der Waals surface area contributed by atoms with Gasteiger partial charge in [0.2, 0.25) is 0 Å². The van der Waals surface area contributed by atoms with Gasteiger partial charge in [0.15, 0.2) is 8.32 Å². The molecule has 0 fully saturated rings. The summed E-state index contributed by atoms with van der Waals surface area (Å²) in [5.41, 5.74) is 0. The molecule has 2 atom stereocenters. The lowest BCUT2D eigenvalue weighted by molar-refractivity contribution is 0.0728. The van der Waals surface area contributed by atoms with Gasteiger partial charge in [-0.3, -0.25) is 4.90 Å².